The van der Waals surface area contributed by atoms with Crippen LogP contribution in [-0.2, 0) is 12.8 Å². The van der Waals surface area contributed by atoms with Crippen molar-refractivity contribution in [1.29, 1.82) is 0 Å². The molecule has 6 atom stereocenters. The molecule has 3 N–H and O–H groups in total. The first-order valence-electron chi connectivity index (χ1n) is 15.1. The van der Waals surface area contributed by atoms with Crippen LogP contribution in [0.3, 0.4) is 0 Å². The maximum atomic E-state index is 13.1. The number of piperazine rings is 1. The van der Waals surface area contributed by atoms with Gasteiger partial charge < -0.3 is 20.9 Å². The molecule has 0 aromatic heterocycles. The summed E-state index contributed by atoms with van der Waals surface area (Å²) in [5.74, 6) is 3.14. The van der Waals surface area contributed by atoms with Gasteiger partial charge in [0, 0.05) is 43.0 Å². The number of amides is 1. The highest BCUT2D eigenvalue weighted by Crippen LogP contribution is 2.61. The molecule has 39 heavy (non-hydrogen) atoms. The van der Waals surface area contributed by atoms with E-state index in [0.717, 1.165) is 62.4 Å². The maximum absolute atomic E-state index is 13.1. The second-order valence-electron chi connectivity index (χ2n) is 13.2. The predicted molar refractivity (Wildman–Crippen MR) is 159 cm³/mol. The van der Waals surface area contributed by atoms with Crippen LogP contribution in [0.5, 0.6) is 0 Å². The summed E-state index contributed by atoms with van der Waals surface area (Å²) in [4.78, 5) is 20.9. The number of nitrogens with zero attached hydrogens (tertiary/aromatic N) is 2. The third kappa shape index (κ3) is 5.32. The quantitative estimate of drug-likeness (QED) is 0.382. The van der Waals surface area contributed by atoms with E-state index in [2.05, 4.69) is 72.8 Å². The van der Waals surface area contributed by atoms with Gasteiger partial charge in [-0.1, -0.05) is 45.0 Å². The molecule has 6 heteroatoms. The van der Waals surface area contributed by atoms with Crippen LogP contribution in [0.4, 0.5) is 5.69 Å². The van der Waals surface area contributed by atoms with Gasteiger partial charge in [0.2, 0.25) is 0 Å². The number of nitrogens with one attached hydrogen (secondary N) is 3. The number of fused-ring (bicyclic) bond motifs is 3. The normalized spacial score (nSPS) is 31.6. The first-order chi connectivity index (χ1) is 18.8. The minimum atomic E-state index is 0.00798. The van der Waals surface area contributed by atoms with Crippen molar-refractivity contribution < 1.29 is 4.79 Å². The van der Waals surface area contributed by atoms with Crippen LogP contribution in [-0.4, -0.2) is 54.5 Å². The second kappa shape index (κ2) is 10.6. The summed E-state index contributed by atoms with van der Waals surface area (Å²) in [5, 5.41) is 10.5. The number of carbonyl (C=O) groups is 1. The highest BCUT2D eigenvalue weighted by molar-refractivity contribution is 5.97. The number of hydrogen-bond acceptors (Lipinski definition) is 3. The lowest BCUT2D eigenvalue weighted by Crippen LogP contribution is -2.57. The average Bonchev–Trinajstić information content (AvgIpc) is 2.93. The summed E-state index contributed by atoms with van der Waals surface area (Å²) >= 11 is 0. The zero-order chi connectivity index (χ0) is 27.1. The van der Waals surface area contributed by atoms with E-state index < -0.39 is 0 Å². The number of carbonyl (C=O) groups excluding carboxylic acids is 1. The van der Waals surface area contributed by atoms with Gasteiger partial charge in [0.1, 0.15) is 0 Å². The zero-order valence-corrected chi connectivity index (χ0v) is 24.0. The third-order valence-corrected chi connectivity index (χ3v) is 10.4. The summed E-state index contributed by atoms with van der Waals surface area (Å²) in [7, 11) is 0. The first-order valence-corrected chi connectivity index (χ1v) is 15.1. The van der Waals surface area contributed by atoms with Gasteiger partial charge in [0.25, 0.3) is 5.91 Å². The lowest BCUT2D eigenvalue weighted by molar-refractivity contribution is -0.108. The molecule has 5 aliphatic rings. The van der Waals surface area contributed by atoms with Crippen LogP contribution in [0.2, 0.25) is 0 Å². The number of anilines is 1. The van der Waals surface area contributed by atoms with E-state index in [1.165, 1.54) is 24.0 Å². The van der Waals surface area contributed by atoms with Crippen molar-refractivity contribution in [3.63, 3.8) is 0 Å². The van der Waals surface area contributed by atoms with Crippen LogP contribution in [0.1, 0.15) is 68.4 Å². The first kappa shape index (κ1) is 26.4. The van der Waals surface area contributed by atoms with Crippen LogP contribution < -0.4 is 16.0 Å². The Labute approximate surface area is 234 Å². The Morgan fingerprint density at radius 3 is 2.54 bits per heavy atom. The Kier molecular flexibility index (Phi) is 7.17. The minimum absolute atomic E-state index is 0.00798. The Morgan fingerprint density at radius 2 is 1.82 bits per heavy atom. The van der Waals surface area contributed by atoms with Crippen LogP contribution in [0, 0.1) is 23.2 Å². The van der Waals surface area contributed by atoms with Gasteiger partial charge in [-0.2, -0.15) is 0 Å². The van der Waals surface area contributed by atoms with Gasteiger partial charge in [0.05, 0.1) is 6.04 Å². The van der Waals surface area contributed by atoms with Gasteiger partial charge >= 0.3 is 0 Å². The van der Waals surface area contributed by atoms with Crippen LogP contribution in [0.15, 0.2) is 53.5 Å². The lowest BCUT2D eigenvalue weighted by Gasteiger charge is -2.61. The van der Waals surface area contributed by atoms with Gasteiger partial charge in [-0.25, -0.2) is 4.99 Å². The van der Waals surface area contributed by atoms with Gasteiger partial charge in [-0.05, 0) is 97.6 Å². The van der Waals surface area contributed by atoms with Gasteiger partial charge in [-0.3, -0.25) is 4.79 Å². The number of hydrogen-bond donors (Lipinski definition) is 3. The third-order valence-electron chi connectivity index (χ3n) is 10.4. The van der Waals surface area contributed by atoms with Crippen molar-refractivity contribution in [2.75, 3.05) is 25.0 Å². The molecule has 7 rings (SSSR count). The van der Waals surface area contributed by atoms with E-state index in [1.54, 1.807) is 0 Å². The van der Waals surface area contributed by atoms with Crippen LogP contribution in [0.25, 0.3) is 0 Å². The smallest absolute Gasteiger partial charge is 0.251 e. The highest BCUT2D eigenvalue weighted by atomic mass is 16.1. The molecule has 1 heterocycles. The molecule has 2 bridgehead atoms. The SMILES string of the molecule is C[C@@H]1[C@@H](N=C(Nc2ccc(C(=O)N[C@@H]3CCc4ccccc4C3)cc2)N2CCN[C@@H](C)C2)C[C@H]2C[C@@H]1C2(C)C. The summed E-state index contributed by atoms with van der Waals surface area (Å²) in [6.45, 7) is 12.4. The molecule has 1 saturated heterocycles. The van der Waals surface area contributed by atoms with E-state index in [4.69, 9.17) is 4.99 Å². The summed E-state index contributed by atoms with van der Waals surface area (Å²) in [6.07, 6.45) is 5.47. The monoisotopic (exact) mass is 527 g/mol. The fraction of sp³-hybridized carbons (Fsp3) is 0.576. The van der Waals surface area contributed by atoms with Crippen molar-refractivity contribution in [3.8, 4) is 0 Å². The Hall–Kier alpha value is -2.86. The topological polar surface area (TPSA) is 68.8 Å². The molecule has 4 aliphatic carbocycles. The number of rotatable bonds is 4. The van der Waals surface area contributed by atoms with E-state index in [0.29, 0.717) is 29.0 Å². The summed E-state index contributed by atoms with van der Waals surface area (Å²) < 4.78 is 0. The van der Waals surface area contributed by atoms with Gasteiger partial charge in [0.15, 0.2) is 5.96 Å². The number of aliphatic imine (C=N–C) groups is 1. The Bertz CT molecular complexity index is 1220. The van der Waals surface area contributed by atoms with E-state index >= 15 is 0 Å². The molecular formula is C33H45N5O. The molecule has 4 fully saturated rings. The van der Waals surface area contributed by atoms with Crippen molar-refractivity contribution in [1.82, 2.24) is 15.5 Å². The van der Waals surface area contributed by atoms with E-state index in [9.17, 15) is 4.79 Å². The molecule has 0 radical (unpaired) electrons. The zero-order valence-electron chi connectivity index (χ0n) is 24.0. The second-order valence-corrected chi connectivity index (χ2v) is 13.2. The fourth-order valence-electron chi connectivity index (χ4n) is 7.69. The van der Waals surface area contributed by atoms with Gasteiger partial charge in [-0.15, -0.1) is 0 Å². The summed E-state index contributed by atoms with van der Waals surface area (Å²) in [6, 6.07) is 17.5. The number of guanidine groups is 1. The molecule has 2 aromatic carbocycles. The molecule has 2 aromatic rings. The molecule has 0 unspecified atom stereocenters. The minimum Gasteiger partial charge on any atom is -0.349 e. The number of aryl methyl sites for hydroxylation is 1. The molecule has 1 amide bonds. The largest absolute Gasteiger partial charge is 0.349 e. The van der Waals surface area contributed by atoms with Crippen molar-refractivity contribution in [3.05, 3.63) is 65.2 Å². The van der Waals surface area contributed by atoms with Crippen molar-refractivity contribution >= 4 is 17.6 Å². The highest BCUT2D eigenvalue weighted by Gasteiger charge is 2.56. The van der Waals surface area contributed by atoms with Crippen LogP contribution >= 0.6 is 0 Å². The number of benzene rings is 2. The molecule has 208 valence electrons. The molecule has 0 spiro atoms. The maximum Gasteiger partial charge on any atom is 0.251 e. The average molecular weight is 528 g/mol. The summed E-state index contributed by atoms with van der Waals surface area (Å²) in [5.41, 5.74) is 4.92. The Balaban J connectivity index is 1.14. The molecule has 1 aliphatic heterocycles. The predicted octanol–water partition coefficient (Wildman–Crippen LogP) is 5.11. The lowest BCUT2D eigenvalue weighted by atomic mass is 9.45. The Morgan fingerprint density at radius 1 is 1.05 bits per heavy atom. The van der Waals surface area contributed by atoms with E-state index in [1.807, 2.05) is 24.3 Å². The molecule has 3 saturated carbocycles. The molecular weight excluding hydrogens is 482 g/mol. The van der Waals surface area contributed by atoms with E-state index in [-0.39, 0.29) is 11.9 Å². The standard InChI is InChI=1S/C33H45N5O/c1-21-20-38(16-15-34-21)32(37-30-19-26-18-29(22(30)2)33(26,3)4)36-27-12-10-24(11-13-27)31(39)35-28-14-9-23-7-5-6-8-25(23)17-28/h5-8,10-13,21-22,26,28-30,34H,9,14-20H2,1-4H3,(H,35,39)(H,36,37)/t21-,22-,26+,28+,29-,30-/m0/s1. The van der Waals surface area contributed by atoms with Crippen molar-refractivity contribution in [2.45, 2.75) is 77.9 Å². The molecule has 6 nitrogen and oxygen atoms in total. The fourth-order valence-corrected chi connectivity index (χ4v) is 7.69. The van der Waals surface area contributed by atoms with Crippen molar-refractivity contribution in [2.24, 2.45) is 28.2 Å².